The number of ether oxygens (including phenoxy) is 1. The Morgan fingerprint density at radius 3 is 2.26 bits per heavy atom. The van der Waals surface area contributed by atoms with E-state index in [9.17, 15) is 9.59 Å². The number of esters is 1. The zero-order valence-electron chi connectivity index (χ0n) is 17.1. The first kappa shape index (κ1) is 20.4. The minimum Gasteiger partial charge on any atom is -0.455 e. The molecule has 0 atom stereocenters. The van der Waals surface area contributed by atoms with Crippen molar-refractivity contribution in [2.75, 3.05) is 11.9 Å². The van der Waals surface area contributed by atoms with Crippen LogP contribution in [0.15, 0.2) is 97.1 Å². The van der Waals surface area contributed by atoms with Crippen molar-refractivity contribution in [1.29, 1.82) is 0 Å². The van der Waals surface area contributed by atoms with Crippen LogP contribution in [0.4, 0.5) is 5.69 Å². The van der Waals surface area contributed by atoms with Gasteiger partial charge in [0, 0.05) is 5.69 Å². The Kier molecular flexibility index (Phi) is 6.38. The molecule has 154 valence electrons. The molecule has 0 bridgehead atoms. The monoisotopic (exact) mass is 409 g/mol. The molecule has 0 spiro atoms. The summed E-state index contributed by atoms with van der Waals surface area (Å²) in [6, 6.07) is 31.4. The highest BCUT2D eigenvalue weighted by Crippen LogP contribution is 2.20. The van der Waals surface area contributed by atoms with Crippen molar-refractivity contribution in [1.82, 2.24) is 0 Å². The summed E-state index contributed by atoms with van der Waals surface area (Å²) in [5, 5.41) is 4.95. The number of carbonyl (C=O) groups is 2. The zero-order valence-corrected chi connectivity index (χ0v) is 17.1. The van der Waals surface area contributed by atoms with Crippen molar-refractivity contribution in [2.24, 2.45) is 0 Å². The van der Waals surface area contributed by atoms with Gasteiger partial charge in [-0.25, -0.2) is 0 Å². The van der Waals surface area contributed by atoms with Crippen LogP contribution in [0.3, 0.4) is 0 Å². The standard InChI is InChI=1S/C27H23NO3/c29-26(28-25-16-7-5-12-23(25)17-20-9-2-1-3-10-20)19-31-27(30)18-22-14-8-13-21-11-4-6-15-24(21)22/h1-16H,17-19H2,(H,28,29). The fourth-order valence-corrected chi connectivity index (χ4v) is 3.60. The molecule has 0 radical (unpaired) electrons. The highest BCUT2D eigenvalue weighted by atomic mass is 16.5. The van der Waals surface area contributed by atoms with Crippen LogP contribution in [0.5, 0.6) is 0 Å². The van der Waals surface area contributed by atoms with Gasteiger partial charge in [0.25, 0.3) is 5.91 Å². The molecule has 0 aromatic heterocycles. The summed E-state index contributed by atoms with van der Waals surface area (Å²) >= 11 is 0. The Labute approximate surface area is 181 Å². The predicted octanol–water partition coefficient (Wildman–Crippen LogP) is 5.16. The summed E-state index contributed by atoms with van der Waals surface area (Å²) in [6.07, 6.45) is 0.831. The van der Waals surface area contributed by atoms with Crippen molar-refractivity contribution in [2.45, 2.75) is 12.8 Å². The maximum absolute atomic E-state index is 12.4. The van der Waals surface area contributed by atoms with Gasteiger partial charge in [0.05, 0.1) is 6.42 Å². The van der Waals surface area contributed by atoms with E-state index in [1.165, 1.54) is 0 Å². The molecule has 4 rings (SSSR count). The van der Waals surface area contributed by atoms with E-state index in [2.05, 4.69) is 5.32 Å². The molecule has 1 amide bonds. The first-order valence-corrected chi connectivity index (χ1v) is 10.2. The number of nitrogens with one attached hydrogen (secondary N) is 1. The Hall–Kier alpha value is -3.92. The highest BCUT2D eigenvalue weighted by molar-refractivity contribution is 5.94. The second kappa shape index (κ2) is 9.72. The van der Waals surface area contributed by atoms with Gasteiger partial charge in [-0.2, -0.15) is 0 Å². The molecule has 31 heavy (non-hydrogen) atoms. The fraction of sp³-hybridized carbons (Fsp3) is 0.111. The second-order valence-electron chi connectivity index (χ2n) is 7.34. The summed E-state index contributed by atoms with van der Waals surface area (Å²) in [7, 11) is 0. The lowest BCUT2D eigenvalue weighted by Crippen LogP contribution is -2.22. The third kappa shape index (κ3) is 5.37. The number of amides is 1. The predicted molar refractivity (Wildman–Crippen MR) is 123 cm³/mol. The van der Waals surface area contributed by atoms with Crippen molar-refractivity contribution < 1.29 is 14.3 Å². The van der Waals surface area contributed by atoms with E-state index >= 15 is 0 Å². The van der Waals surface area contributed by atoms with Crippen LogP contribution in [0.25, 0.3) is 10.8 Å². The van der Waals surface area contributed by atoms with Gasteiger partial charge >= 0.3 is 5.97 Å². The van der Waals surface area contributed by atoms with Crippen molar-refractivity contribution >= 4 is 28.3 Å². The second-order valence-corrected chi connectivity index (χ2v) is 7.34. The number of benzene rings is 4. The summed E-state index contributed by atoms with van der Waals surface area (Å²) in [6.45, 7) is -0.316. The Morgan fingerprint density at radius 1 is 0.710 bits per heavy atom. The van der Waals surface area contributed by atoms with Crippen LogP contribution in [0.2, 0.25) is 0 Å². The van der Waals surface area contributed by atoms with Crippen LogP contribution >= 0.6 is 0 Å². The van der Waals surface area contributed by atoms with Crippen LogP contribution in [0, 0.1) is 0 Å². The fourth-order valence-electron chi connectivity index (χ4n) is 3.60. The van der Waals surface area contributed by atoms with E-state index in [1.54, 1.807) is 0 Å². The number of anilines is 1. The summed E-state index contributed by atoms with van der Waals surface area (Å²) in [5.74, 6) is -0.782. The number of hydrogen-bond acceptors (Lipinski definition) is 3. The Morgan fingerprint density at radius 2 is 1.39 bits per heavy atom. The summed E-state index contributed by atoms with van der Waals surface area (Å²) in [5.41, 5.74) is 3.77. The van der Waals surface area contributed by atoms with Gasteiger partial charge in [-0.3, -0.25) is 9.59 Å². The van der Waals surface area contributed by atoms with Crippen LogP contribution in [0.1, 0.15) is 16.7 Å². The van der Waals surface area contributed by atoms with Crippen LogP contribution < -0.4 is 5.32 Å². The molecule has 0 saturated heterocycles. The molecule has 0 unspecified atom stereocenters. The van der Waals surface area contributed by atoms with E-state index < -0.39 is 5.97 Å². The lowest BCUT2D eigenvalue weighted by Gasteiger charge is -2.12. The number of carbonyl (C=O) groups excluding carboxylic acids is 2. The zero-order chi connectivity index (χ0) is 21.5. The molecule has 0 aliphatic rings. The van der Waals surface area contributed by atoms with Crippen LogP contribution in [-0.2, 0) is 27.2 Å². The maximum atomic E-state index is 12.4. The molecular weight excluding hydrogens is 386 g/mol. The molecule has 0 heterocycles. The quantitative estimate of drug-likeness (QED) is 0.429. The number of fused-ring (bicyclic) bond motifs is 1. The first-order chi connectivity index (χ1) is 15.2. The first-order valence-electron chi connectivity index (χ1n) is 10.2. The summed E-state index contributed by atoms with van der Waals surface area (Å²) in [4.78, 5) is 24.7. The molecule has 0 fully saturated rings. The third-order valence-electron chi connectivity index (χ3n) is 5.11. The van der Waals surface area contributed by atoms with E-state index in [0.717, 1.165) is 33.2 Å². The van der Waals surface area contributed by atoms with Gasteiger partial charge in [-0.05, 0) is 39.9 Å². The molecular formula is C27H23NO3. The topological polar surface area (TPSA) is 55.4 Å². The van der Waals surface area contributed by atoms with E-state index in [1.807, 2.05) is 97.1 Å². The van der Waals surface area contributed by atoms with Gasteiger partial charge in [-0.1, -0.05) is 91.0 Å². The smallest absolute Gasteiger partial charge is 0.310 e. The van der Waals surface area contributed by atoms with Gasteiger partial charge in [0.15, 0.2) is 6.61 Å². The molecule has 0 saturated carbocycles. The average Bonchev–Trinajstić information content (AvgIpc) is 2.80. The Balaban J connectivity index is 1.35. The normalized spacial score (nSPS) is 10.6. The van der Waals surface area contributed by atoms with Gasteiger partial charge in [-0.15, -0.1) is 0 Å². The molecule has 4 aromatic carbocycles. The lowest BCUT2D eigenvalue weighted by molar-refractivity contribution is -0.146. The van der Waals surface area contributed by atoms with Crippen molar-refractivity contribution in [3.8, 4) is 0 Å². The lowest BCUT2D eigenvalue weighted by atomic mass is 10.0. The molecule has 4 nitrogen and oxygen atoms in total. The van der Waals surface area contributed by atoms with Crippen molar-refractivity contribution in [3.63, 3.8) is 0 Å². The van der Waals surface area contributed by atoms with Gasteiger partial charge in [0.2, 0.25) is 0 Å². The molecule has 0 aliphatic carbocycles. The molecule has 4 heteroatoms. The van der Waals surface area contributed by atoms with E-state index in [-0.39, 0.29) is 18.9 Å². The molecule has 4 aromatic rings. The number of para-hydroxylation sites is 1. The average molecular weight is 409 g/mol. The summed E-state index contributed by atoms with van der Waals surface area (Å²) < 4.78 is 5.24. The van der Waals surface area contributed by atoms with Crippen molar-refractivity contribution in [3.05, 3.63) is 114 Å². The highest BCUT2D eigenvalue weighted by Gasteiger charge is 2.12. The SMILES string of the molecule is O=C(COC(=O)Cc1cccc2ccccc12)Nc1ccccc1Cc1ccccc1. The number of hydrogen-bond donors (Lipinski definition) is 1. The minimum atomic E-state index is -0.427. The Bertz CT molecular complexity index is 1200. The minimum absolute atomic E-state index is 0.124. The van der Waals surface area contributed by atoms with Gasteiger partial charge in [0.1, 0.15) is 0 Å². The van der Waals surface area contributed by atoms with E-state index in [0.29, 0.717) is 6.42 Å². The van der Waals surface area contributed by atoms with Gasteiger partial charge < -0.3 is 10.1 Å². The van der Waals surface area contributed by atoms with Crippen LogP contribution in [-0.4, -0.2) is 18.5 Å². The molecule has 1 N–H and O–H groups in total. The third-order valence-corrected chi connectivity index (χ3v) is 5.11. The van der Waals surface area contributed by atoms with E-state index in [4.69, 9.17) is 4.74 Å². The largest absolute Gasteiger partial charge is 0.455 e. The molecule has 0 aliphatic heterocycles. The maximum Gasteiger partial charge on any atom is 0.310 e. The number of rotatable bonds is 7.